The average molecular weight is 603 g/mol. The molecule has 1 fully saturated rings. The van der Waals surface area contributed by atoms with Gasteiger partial charge < -0.3 is 0 Å². The van der Waals surface area contributed by atoms with Crippen molar-refractivity contribution in [2.75, 3.05) is 0 Å². The summed E-state index contributed by atoms with van der Waals surface area (Å²) in [4.78, 5) is 6.30. The summed E-state index contributed by atoms with van der Waals surface area (Å²) in [5, 5.41) is 12.9. The van der Waals surface area contributed by atoms with Gasteiger partial charge in [-0.25, -0.2) is 27.6 Å². The smallest absolute Gasteiger partial charge is 0.227 e. The van der Waals surface area contributed by atoms with Crippen molar-refractivity contribution in [2.24, 2.45) is 11.1 Å². The summed E-state index contributed by atoms with van der Waals surface area (Å²) >= 11 is 3.19. The van der Waals surface area contributed by atoms with E-state index in [0.29, 0.717) is 17.9 Å². The zero-order chi connectivity index (χ0) is 28.7. The van der Waals surface area contributed by atoms with Gasteiger partial charge in [-0.05, 0) is 80.5 Å². The molecule has 41 heavy (non-hydrogen) atoms. The molecule has 0 unspecified atom stereocenters. The molecule has 0 saturated heterocycles. The number of aryl methyl sites for hydroxylation is 2. The molecule has 6 rings (SSSR count). The molecule has 0 aliphatic heterocycles. The first-order chi connectivity index (χ1) is 19.7. The van der Waals surface area contributed by atoms with Crippen LogP contribution in [0.3, 0.4) is 0 Å². The number of hydrogen-bond donors (Lipinski definition) is 1. The molecule has 0 atom stereocenters. The van der Waals surface area contributed by atoms with Crippen molar-refractivity contribution >= 4 is 32.7 Å². The van der Waals surface area contributed by atoms with E-state index in [0.717, 1.165) is 57.3 Å². The van der Waals surface area contributed by atoms with Gasteiger partial charge in [0.1, 0.15) is 10.7 Å². The molecule has 1 saturated carbocycles. The fourth-order valence-electron chi connectivity index (χ4n) is 4.91. The maximum atomic E-state index is 14.8. The fourth-order valence-corrected chi connectivity index (χ4v) is 7.00. The van der Waals surface area contributed by atoms with Gasteiger partial charge >= 0.3 is 0 Å². The number of nitrogens with zero attached hydrogens (tertiary/aromatic N) is 3. The molecule has 5 aromatic rings. The van der Waals surface area contributed by atoms with Gasteiger partial charge in [-0.1, -0.05) is 30.0 Å². The summed E-state index contributed by atoms with van der Waals surface area (Å²) in [6, 6.07) is 14.2. The second-order valence-corrected chi connectivity index (χ2v) is 14.0. The van der Waals surface area contributed by atoms with Crippen LogP contribution < -0.4 is 5.14 Å². The molecular formula is C31H27FN4O2S3. The van der Waals surface area contributed by atoms with Crippen LogP contribution in [0, 0.1) is 37.4 Å². The number of benzene rings is 2. The number of nitrogens with two attached hydrogens (primary N) is 1. The van der Waals surface area contributed by atoms with E-state index < -0.39 is 20.7 Å². The number of sulfonamides is 1. The number of thiophene rings is 1. The Bertz CT molecular complexity index is 1930. The number of thiazole rings is 1. The normalized spacial score (nSPS) is 13.3. The molecule has 0 radical (unpaired) electrons. The van der Waals surface area contributed by atoms with Crippen molar-refractivity contribution in [3.05, 3.63) is 104 Å². The minimum atomic E-state index is -4.16. The third-order valence-electron chi connectivity index (χ3n) is 7.05. The first-order valence-electron chi connectivity index (χ1n) is 13.2. The molecule has 1 aliphatic carbocycles. The van der Waals surface area contributed by atoms with Crippen molar-refractivity contribution in [1.82, 2.24) is 14.8 Å². The van der Waals surface area contributed by atoms with Crippen LogP contribution >= 0.6 is 22.7 Å². The lowest BCUT2D eigenvalue weighted by Gasteiger charge is -2.10. The van der Waals surface area contributed by atoms with Gasteiger partial charge in [0.05, 0.1) is 16.3 Å². The maximum absolute atomic E-state index is 14.8. The Morgan fingerprint density at radius 2 is 1.95 bits per heavy atom. The van der Waals surface area contributed by atoms with E-state index in [1.54, 1.807) is 23.6 Å². The predicted octanol–water partition coefficient (Wildman–Crippen LogP) is 6.40. The van der Waals surface area contributed by atoms with Gasteiger partial charge in [-0.3, -0.25) is 0 Å². The van der Waals surface area contributed by atoms with Crippen molar-refractivity contribution in [1.29, 1.82) is 0 Å². The van der Waals surface area contributed by atoms with Gasteiger partial charge in [0.2, 0.25) is 15.2 Å². The highest BCUT2D eigenvalue weighted by molar-refractivity contribution is 7.89. The Kier molecular flexibility index (Phi) is 7.38. The first kappa shape index (κ1) is 27.5. The highest BCUT2D eigenvalue weighted by atomic mass is 32.2. The lowest BCUT2D eigenvalue weighted by molar-refractivity contribution is 0.567. The van der Waals surface area contributed by atoms with Crippen LogP contribution in [-0.4, -0.2) is 23.2 Å². The van der Waals surface area contributed by atoms with E-state index in [4.69, 9.17) is 10.2 Å². The third-order valence-corrected chi connectivity index (χ3v) is 9.81. The molecule has 0 bridgehead atoms. The molecule has 6 nitrogen and oxygen atoms in total. The van der Waals surface area contributed by atoms with Crippen LogP contribution in [0.4, 0.5) is 4.39 Å². The summed E-state index contributed by atoms with van der Waals surface area (Å²) in [5.41, 5.74) is 6.35. The Labute approximate surface area is 246 Å². The quantitative estimate of drug-likeness (QED) is 0.218. The van der Waals surface area contributed by atoms with E-state index >= 15 is 0 Å². The summed E-state index contributed by atoms with van der Waals surface area (Å²) in [6.45, 7) is 4.15. The topological polar surface area (TPSA) is 90.9 Å². The molecular weight excluding hydrogens is 576 g/mol. The lowest BCUT2D eigenvalue weighted by Crippen LogP contribution is -2.14. The van der Waals surface area contributed by atoms with E-state index in [1.165, 1.54) is 33.9 Å². The van der Waals surface area contributed by atoms with Crippen LogP contribution in [0.1, 0.15) is 50.5 Å². The van der Waals surface area contributed by atoms with E-state index in [-0.39, 0.29) is 0 Å². The molecule has 3 aromatic heterocycles. The van der Waals surface area contributed by atoms with Crippen molar-refractivity contribution < 1.29 is 12.8 Å². The van der Waals surface area contributed by atoms with Crippen LogP contribution in [0.5, 0.6) is 0 Å². The molecule has 10 heteroatoms. The second kappa shape index (κ2) is 11.0. The van der Waals surface area contributed by atoms with Crippen molar-refractivity contribution in [3.8, 4) is 28.2 Å². The SMILES string of the molecule is Cc1cc(C)c(C#Cc2cccc(-c3nn(-c4nccs4)c(CC4CC4)c3Cc3ccc(S(N)(=O)=O)c(F)c3)c2)s1. The van der Waals surface area contributed by atoms with Gasteiger partial charge in [0, 0.05) is 39.6 Å². The van der Waals surface area contributed by atoms with Crippen LogP contribution in [0.15, 0.2) is 65.0 Å². The van der Waals surface area contributed by atoms with E-state index in [9.17, 15) is 12.8 Å². The Morgan fingerprint density at radius 3 is 2.61 bits per heavy atom. The maximum Gasteiger partial charge on any atom is 0.240 e. The predicted molar refractivity (Wildman–Crippen MR) is 161 cm³/mol. The fraction of sp³-hybridized carbons (Fsp3) is 0.226. The van der Waals surface area contributed by atoms with Crippen molar-refractivity contribution in [2.45, 2.75) is 44.4 Å². The molecule has 0 amide bonds. The molecule has 2 aromatic carbocycles. The average Bonchev–Trinajstić information content (AvgIpc) is 3.28. The van der Waals surface area contributed by atoms with Crippen LogP contribution in [0.25, 0.3) is 16.4 Å². The summed E-state index contributed by atoms with van der Waals surface area (Å²) in [5.74, 6) is 6.33. The highest BCUT2D eigenvalue weighted by Crippen LogP contribution is 2.38. The van der Waals surface area contributed by atoms with Gasteiger partial charge in [-0.2, -0.15) is 5.10 Å². The van der Waals surface area contributed by atoms with Gasteiger partial charge in [-0.15, -0.1) is 22.7 Å². The Morgan fingerprint density at radius 1 is 1.12 bits per heavy atom. The minimum absolute atomic E-state index is 0.369. The lowest BCUT2D eigenvalue weighted by atomic mass is 9.96. The molecule has 3 heterocycles. The molecule has 2 N–H and O–H groups in total. The van der Waals surface area contributed by atoms with E-state index in [1.807, 2.05) is 34.3 Å². The first-order valence-corrected chi connectivity index (χ1v) is 16.4. The summed E-state index contributed by atoms with van der Waals surface area (Å²) in [6.07, 6.45) is 5.27. The number of rotatable bonds is 7. The zero-order valence-electron chi connectivity index (χ0n) is 22.5. The van der Waals surface area contributed by atoms with Crippen LogP contribution in [-0.2, 0) is 22.9 Å². The number of hydrogen-bond acceptors (Lipinski definition) is 6. The minimum Gasteiger partial charge on any atom is -0.227 e. The zero-order valence-corrected chi connectivity index (χ0v) is 25.0. The monoisotopic (exact) mass is 602 g/mol. The molecule has 0 spiro atoms. The van der Waals surface area contributed by atoms with Gasteiger partial charge in [0.15, 0.2) is 0 Å². The van der Waals surface area contributed by atoms with Crippen LogP contribution in [0.2, 0.25) is 0 Å². The van der Waals surface area contributed by atoms with Crippen molar-refractivity contribution in [3.63, 3.8) is 0 Å². The largest absolute Gasteiger partial charge is 0.240 e. The number of halogens is 1. The number of aromatic nitrogens is 3. The standard InChI is InChI=1S/C31H27FN4O2S3/c1-19-14-20(2)40-28(19)10-8-21-4-3-5-24(15-21)30-25(16-23-9-11-29(26(32)17-23)41(33,37)38)27(18-22-6-7-22)36(35-30)31-34-12-13-39-31/h3-5,9,11-15,17,22H,6-7,16,18H2,1-2H3,(H2,33,37,38). The van der Waals surface area contributed by atoms with Gasteiger partial charge in [0.25, 0.3) is 0 Å². The number of primary sulfonamides is 1. The molecule has 208 valence electrons. The molecule has 1 aliphatic rings. The highest BCUT2D eigenvalue weighted by Gasteiger charge is 2.29. The Balaban J connectivity index is 1.46. The summed E-state index contributed by atoms with van der Waals surface area (Å²) in [7, 11) is -4.16. The Hall–Kier alpha value is -3.62. The van der Waals surface area contributed by atoms with E-state index in [2.05, 4.69) is 36.7 Å². The second-order valence-electron chi connectivity index (χ2n) is 10.3. The third kappa shape index (κ3) is 6.04. The summed E-state index contributed by atoms with van der Waals surface area (Å²) < 4.78 is 40.3.